The molecule has 29 heavy (non-hydrogen) atoms. The van der Waals surface area contributed by atoms with Crippen LogP contribution in [-0.2, 0) is 17.6 Å². The highest BCUT2D eigenvalue weighted by Crippen LogP contribution is 2.19. The van der Waals surface area contributed by atoms with Gasteiger partial charge in [0.05, 0.1) is 0 Å². The Kier molecular flexibility index (Phi) is 5.20. The number of hydrogen-bond donors (Lipinski definition) is 3. The fraction of sp³-hybridized carbons (Fsp3) is 0.318. The number of rotatable bonds is 6. The van der Waals surface area contributed by atoms with Crippen LogP contribution in [0.3, 0.4) is 0 Å². The molecule has 150 valence electrons. The first kappa shape index (κ1) is 19.0. The van der Waals surface area contributed by atoms with Gasteiger partial charge < -0.3 is 20.0 Å². The molecule has 2 aromatic heterocycles. The SMILES string of the molecule is Cc1cc(CCc2c[nH]c3ccccc23)oc(=O)c1C(=O)NCC1CCC(=O)N1. The molecule has 0 aliphatic carbocycles. The van der Waals surface area contributed by atoms with Crippen LogP contribution in [0.5, 0.6) is 0 Å². The van der Waals surface area contributed by atoms with Crippen molar-refractivity contribution < 1.29 is 14.0 Å². The smallest absolute Gasteiger partial charge is 0.349 e. The van der Waals surface area contributed by atoms with Crippen molar-refractivity contribution in [2.45, 2.75) is 38.6 Å². The summed E-state index contributed by atoms with van der Waals surface area (Å²) in [6.07, 6.45) is 4.40. The minimum atomic E-state index is -0.633. The maximum atomic E-state index is 12.4. The van der Waals surface area contributed by atoms with Gasteiger partial charge >= 0.3 is 5.63 Å². The fourth-order valence-electron chi connectivity index (χ4n) is 3.80. The molecule has 0 radical (unpaired) electrons. The third-order valence-corrected chi connectivity index (χ3v) is 5.34. The van der Waals surface area contributed by atoms with Gasteiger partial charge in [0.15, 0.2) is 0 Å². The van der Waals surface area contributed by atoms with Gasteiger partial charge in [-0.25, -0.2) is 4.79 Å². The monoisotopic (exact) mass is 393 g/mol. The summed E-state index contributed by atoms with van der Waals surface area (Å²) in [7, 11) is 0. The van der Waals surface area contributed by atoms with Gasteiger partial charge in [0.25, 0.3) is 5.91 Å². The van der Waals surface area contributed by atoms with E-state index in [-0.39, 0.29) is 17.5 Å². The van der Waals surface area contributed by atoms with E-state index in [1.54, 1.807) is 13.0 Å². The molecule has 1 saturated heterocycles. The Bertz CT molecular complexity index is 1130. The maximum Gasteiger partial charge on any atom is 0.349 e. The van der Waals surface area contributed by atoms with Crippen molar-refractivity contribution in [2.24, 2.45) is 0 Å². The van der Waals surface area contributed by atoms with Crippen molar-refractivity contribution in [2.75, 3.05) is 6.54 Å². The zero-order chi connectivity index (χ0) is 20.4. The van der Waals surface area contributed by atoms with Gasteiger partial charge in [-0.2, -0.15) is 0 Å². The van der Waals surface area contributed by atoms with Gasteiger partial charge in [-0.05, 0) is 43.0 Å². The van der Waals surface area contributed by atoms with Crippen molar-refractivity contribution in [3.8, 4) is 0 Å². The Labute approximate surface area is 167 Å². The summed E-state index contributed by atoms with van der Waals surface area (Å²) >= 11 is 0. The Morgan fingerprint density at radius 1 is 1.24 bits per heavy atom. The van der Waals surface area contributed by atoms with E-state index in [1.807, 2.05) is 24.4 Å². The van der Waals surface area contributed by atoms with Crippen LogP contribution in [0.4, 0.5) is 0 Å². The van der Waals surface area contributed by atoms with E-state index in [0.717, 1.165) is 22.9 Å². The Balaban J connectivity index is 1.43. The van der Waals surface area contributed by atoms with Gasteiger partial charge in [-0.15, -0.1) is 0 Å². The van der Waals surface area contributed by atoms with Crippen LogP contribution in [-0.4, -0.2) is 29.4 Å². The molecular weight excluding hydrogens is 370 g/mol. The number of nitrogens with one attached hydrogen (secondary N) is 3. The number of H-pyrrole nitrogens is 1. The average molecular weight is 393 g/mol. The summed E-state index contributed by atoms with van der Waals surface area (Å²) in [5.74, 6) is 0.0671. The first-order valence-corrected chi connectivity index (χ1v) is 9.77. The molecule has 7 heteroatoms. The molecule has 4 rings (SSSR count). The summed E-state index contributed by atoms with van der Waals surface area (Å²) in [6, 6.07) is 9.72. The average Bonchev–Trinajstić information content (AvgIpc) is 3.30. The van der Waals surface area contributed by atoms with E-state index in [2.05, 4.69) is 21.7 Å². The quantitative estimate of drug-likeness (QED) is 0.597. The molecule has 0 saturated carbocycles. The van der Waals surface area contributed by atoms with E-state index >= 15 is 0 Å². The predicted molar refractivity (Wildman–Crippen MR) is 109 cm³/mol. The first-order chi connectivity index (χ1) is 14.0. The molecule has 1 aromatic carbocycles. The maximum absolute atomic E-state index is 12.4. The summed E-state index contributed by atoms with van der Waals surface area (Å²) in [6.45, 7) is 2.03. The Hall–Kier alpha value is -3.35. The number of aryl methyl sites for hydroxylation is 3. The largest absolute Gasteiger partial charge is 0.427 e. The molecule has 2 amide bonds. The van der Waals surface area contributed by atoms with Crippen molar-refractivity contribution in [1.82, 2.24) is 15.6 Å². The van der Waals surface area contributed by atoms with Crippen LogP contribution in [0.2, 0.25) is 0 Å². The van der Waals surface area contributed by atoms with Crippen LogP contribution in [0.25, 0.3) is 10.9 Å². The third-order valence-electron chi connectivity index (χ3n) is 5.34. The molecule has 3 aromatic rings. The lowest BCUT2D eigenvalue weighted by Crippen LogP contribution is -2.40. The second-order valence-electron chi connectivity index (χ2n) is 7.43. The molecule has 3 N–H and O–H groups in total. The third kappa shape index (κ3) is 4.08. The van der Waals surface area contributed by atoms with Gasteiger partial charge in [0.1, 0.15) is 11.3 Å². The molecule has 7 nitrogen and oxygen atoms in total. The Morgan fingerprint density at radius 3 is 2.83 bits per heavy atom. The summed E-state index contributed by atoms with van der Waals surface area (Å²) in [4.78, 5) is 39.3. The van der Waals surface area contributed by atoms with Crippen LogP contribution >= 0.6 is 0 Å². The summed E-state index contributed by atoms with van der Waals surface area (Å²) < 4.78 is 5.41. The van der Waals surface area contributed by atoms with Gasteiger partial charge in [0, 0.05) is 42.5 Å². The van der Waals surface area contributed by atoms with Crippen molar-refractivity contribution in [1.29, 1.82) is 0 Å². The molecule has 1 aliphatic heterocycles. The molecule has 1 aliphatic rings. The van der Waals surface area contributed by atoms with Gasteiger partial charge in [-0.3, -0.25) is 9.59 Å². The van der Waals surface area contributed by atoms with E-state index in [1.165, 1.54) is 0 Å². The molecule has 0 bridgehead atoms. The number of benzene rings is 1. The normalized spacial score (nSPS) is 16.2. The van der Waals surface area contributed by atoms with Gasteiger partial charge in [0.2, 0.25) is 5.91 Å². The lowest BCUT2D eigenvalue weighted by atomic mass is 10.1. The lowest BCUT2D eigenvalue weighted by molar-refractivity contribution is -0.119. The van der Waals surface area contributed by atoms with Crippen LogP contribution in [0, 0.1) is 6.92 Å². The minimum Gasteiger partial charge on any atom is -0.427 e. The van der Waals surface area contributed by atoms with Crippen LogP contribution in [0.15, 0.2) is 45.7 Å². The molecule has 1 fully saturated rings. The van der Waals surface area contributed by atoms with Gasteiger partial charge in [-0.1, -0.05) is 18.2 Å². The summed E-state index contributed by atoms with van der Waals surface area (Å²) in [5.41, 5.74) is 2.20. The molecule has 0 spiro atoms. The summed E-state index contributed by atoms with van der Waals surface area (Å²) in [5, 5.41) is 6.66. The zero-order valence-electron chi connectivity index (χ0n) is 16.2. The topological polar surface area (TPSA) is 104 Å². The van der Waals surface area contributed by atoms with E-state index in [9.17, 15) is 14.4 Å². The molecule has 1 atom stereocenters. The lowest BCUT2D eigenvalue weighted by Gasteiger charge is -2.12. The van der Waals surface area contributed by atoms with Crippen LogP contribution < -0.4 is 16.3 Å². The number of aromatic amines is 1. The number of para-hydroxylation sites is 1. The molecular formula is C22H23N3O4. The number of fused-ring (bicyclic) bond motifs is 1. The highest BCUT2D eigenvalue weighted by molar-refractivity contribution is 5.95. The van der Waals surface area contributed by atoms with Crippen molar-refractivity contribution in [3.05, 3.63) is 69.4 Å². The van der Waals surface area contributed by atoms with E-state index in [0.29, 0.717) is 37.1 Å². The van der Waals surface area contributed by atoms with Crippen molar-refractivity contribution >= 4 is 22.7 Å². The number of hydrogen-bond acceptors (Lipinski definition) is 4. The highest BCUT2D eigenvalue weighted by atomic mass is 16.4. The molecule has 1 unspecified atom stereocenters. The van der Waals surface area contributed by atoms with E-state index in [4.69, 9.17) is 4.42 Å². The second kappa shape index (κ2) is 7.95. The van der Waals surface area contributed by atoms with E-state index < -0.39 is 11.5 Å². The minimum absolute atomic E-state index is 0.0144. The standard InChI is InChI=1S/C22H23N3O4/c1-13-10-16(8-6-14-11-23-18-5-3-2-4-17(14)18)29-22(28)20(13)21(27)24-12-15-7-9-19(26)25-15/h2-5,10-11,15,23H,6-9,12H2,1H3,(H,24,27)(H,25,26). The fourth-order valence-corrected chi connectivity index (χ4v) is 3.80. The zero-order valence-corrected chi connectivity index (χ0v) is 16.2. The number of carbonyl (C=O) groups excluding carboxylic acids is 2. The highest BCUT2D eigenvalue weighted by Gasteiger charge is 2.23. The number of aromatic nitrogens is 1. The molecule has 3 heterocycles. The Morgan fingerprint density at radius 2 is 2.07 bits per heavy atom. The predicted octanol–water partition coefficient (Wildman–Crippen LogP) is 2.22. The number of carbonyl (C=O) groups is 2. The number of amides is 2. The first-order valence-electron chi connectivity index (χ1n) is 9.77. The van der Waals surface area contributed by atoms with Crippen LogP contribution in [0.1, 0.15) is 40.1 Å². The van der Waals surface area contributed by atoms with Crippen molar-refractivity contribution in [3.63, 3.8) is 0 Å². The second-order valence-corrected chi connectivity index (χ2v) is 7.43.